The van der Waals surface area contributed by atoms with Gasteiger partial charge in [-0.05, 0) is 44.0 Å². The molecule has 0 spiro atoms. The van der Waals surface area contributed by atoms with Crippen LogP contribution in [0.15, 0.2) is 29.3 Å². The quantitative estimate of drug-likeness (QED) is 0.369. The molecule has 1 aromatic carbocycles. The van der Waals surface area contributed by atoms with Crippen molar-refractivity contribution in [3.63, 3.8) is 0 Å². The second-order valence-corrected chi connectivity index (χ2v) is 6.86. The Morgan fingerprint density at radius 3 is 2.85 bits per heavy atom. The van der Waals surface area contributed by atoms with Crippen LogP contribution in [0.2, 0.25) is 5.02 Å². The highest BCUT2D eigenvalue weighted by Gasteiger charge is 2.15. The minimum atomic E-state index is 0.00619. The Morgan fingerprint density at radius 1 is 1.35 bits per heavy atom. The van der Waals surface area contributed by atoms with E-state index in [0.717, 1.165) is 57.5 Å². The first-order chi connectivity index (χ1) is 12.7. The molecule has 1 heterocycles. The first-order valence-corrected chi connectivity index (χ1v) is 9.57. The molecule has 0 aliphatic carbocycles. The summed E-state index contributed by atoms with van der Waals surface area (Å²) in [5.41, 5.74) is 0. The molecule has 6 nitrogen and oxygen atoms in total. The molecular formula is C19H30ClN3O3. The Kier molecular flexibility index (Phi) is 9.60. The van der Waals surface area contributed by atoms with Gasteiger partial charge in [-0.3, -0.25) is 4.99 Å². The van der Waals surface area contributed by atoms with E-state index in [0.29, 0.717) is 17.5 Å². The van der Waals surface area contributed by atoms with Crippen molar-refractivity contribution in [1.29, 1.82) is 0 Å². The van der Waals surface area contributed by atoms with Gasteiger partial charge in [-0.15, -0.1) is 0 Å². The molecule has 7 heteroatoms. The molecule has 2 atom stereocenters. The fourth-order valence-electron chi connectivity index (χ4n) is 2.59. The van der Waals surface area contributed by atoms with E-state index < -0.39 is 0 Å². The summed E-state index contributed by atoms with van der Waals surface area (Å²) in [6.45, 7) is 6.73. The van der Waals surface area contributed by atoms with Gasteiger partial charge in [0.2, 0.25) is 0 Å². The number of ether oxygens (including phenoxy) is 3. The number of hydrogen-bond acceptors (Lipinski definition) is 4. The van der Waals surface area contributed by atoms with Gasteiger partial charge in [0, 0.05) is 37.7 Å². The molecule has 1 aliphatic rings. The number of benzene rings is 1. The van der Waals surface area contributed by atoms with E-state index in [-0.39, 0.29) is 6.10 Å². The van der Waals surface area contributed by atoms with Crippen molar-refractivity contribution in [2.75, 3.05) is 46.6 Å². The lowest BCUT2D eigenvalue weighted by atomic mass is 10.1. The molecule has 1 aromatic rings. The van der Waals surface area contributed by atoms with Gasteiger partial charge >= 0.3 is 0 Å². The molecule has 2 rings (SSSR count). The zero-order chi connectivity index (χ0) is 18.6. The molecule has 0 amide bonds. The highest BCUT2D eigenvalue weighted by Crippen LogP contribution is 2.16. The van der Waals surface area contributed by atoms with E-state index in [9.17, 15) is 0 Å². The standard InChI is InChI=1S/C19H30ClN3O3/c1-15(26-18-6-4-17(20)5-7-18)12-23-19(21-2)22-9-3-10-24-13-16-8-11-25-14-16/h4-7,15-16H,3,8-14H2,1-2H3,(H2,21,22,23). The molecule has 0 aromatic heterocycles. The molecule has 2 N–H and O–H groups in total. The van der Waals surface area contributed by atoms with Crippen LogP contribution >= 0.6 is 11.6 Å². The van der Waals surface area contributed by atoms with E-state index in [4.69, 9.17) is 25.8 Å². The van der Waals surface area contributed by atoms with E-state index in [1.54, 1.807) is 7.05 Å². The van der Waals surface area contributed by atoms with Crippen LogP contribution in [0.4, 0.5) is 0 Å². The zero-order valence-corrected chi connectivity index (χ0v) is 16.4. The summed E-state index contributed by atoms with van der Waals surface area (Å²) in [5, 5.41) is 7.25. The third kappa shape index (κ3) is 8.25. The lowest BCUT2D eigenvalue weighted by Gasteiger charge is -2.18. The Labute approximate surface area is 161 Å². The van der Waals surface area contributed by atoms with Crippen LogP contribution in [0.1, 0.15) is 19.8 Å². The summed E-state index contributed by atoms with van der Waals surface area (Å²) in [6, 6.07) is 7.37. The van der Waals surface area contributed by atoms with E-state index in [1.165, 1.54) is 0 Å². The average Bonchev–Trinajstić information content (AvgIpc) is 3.16. The zero-order valence-electron chi connectivity index (χ0n) is 15.7. The third-order valence-electron chi connectivity index (χ3n) is 4.07. The monoisotopic (exact) mass is 383 g/mol. The molecule has 26 heavy (non-hydrogen) atoms. The number of aliphatic imine (C=N–C) groups is 1. The van der Waals surface area contributed by atoms with Crippen molar-refractivity contribution in [3.8, 4) is 5.75 Å². The Morgan fingerprint density at radius 2 is 2.15 bits per heavy atom. The molecular weight excluding hydrogens is 354 g/mol. The Balaban J connectivity index is 1.53. The SMILES string of the molecule is CN=C(NCCCOCC1CCOC1)NCC(C)Oc1ccc(Cl)cc1. The molecule has 1 aliphatic heterocycles. The molecule has 0 bridgehead atoms. The molecule has 2 unspecified atom stereocenters. The normalized spacial score (nSPS) is 18.6. The van der Waals surface area contributed by atoms with Crippen molar-refractivity contribution in [3.05, 3.63) is 29.3 Å². The summed E-state index contributed by atoms with van der Waals surface area (Å²) in [6.07, 6.45) is 2.06. The summed E-state index contributed by atoms with van der Waals surface area (Å²) in [5.74, 6) is 2.14. The number of halogens is 1. The first-order valence-electron chi connectivity index (χ1n) is 9.19. The van der Waals surface area contributed by atoms with Crippen LogP contribution in [-0.2, 0) is 9.47 Å². The summed E-state index contributed by atoms with van der Waals surface area (Å²) >= 11 is 5.88. The molecule has 146 valence electrons. The van der Waals surface area contributed by atoms with Gasteiger partial charge in [-0.1, -0.05) is 11.6 Å². The van der Waals surface area contributed by atoms with Crippen molar-refractivity contribution in [2.45, 2.75) is 25.9 Å². The fraction of sp³-hybridized carbons (Fsp3) is 0.632. The average molecular weight is 384 g/mol. The topological polar surface area (TPSA) is 64.1 Å². The van der Waals surface area contributed by atoms with Crippen LogP contribution in [-0.4, -0.2) is 58.6 Å². The van der Waals surface area contributed by atoms with Gasteiger partial charge in [0.25, 0.3) is 0 Å². The summed E-state index contributed by atoms with van der Waals surface area (Å²) in [4.78, 5) is 4.22. The largest absolute Gasteiger partial charge is 0.489 e. The van der Waals surface area contributed by atoms with Crippen LogP contribution in [0.3, 0.4) is 0 Å². The number of guanidine groups is 1. The molecule has 0 radical (unpaired) electrons. The summed E-state index contributed by atoms with van der Waals surface area (Å²) in [7, 11) is 1.76. The molecule has 1 fully saturated rings. The van der Waals surface area contributed by atoms with E-state index >= 15 is 0 Å². The third-order valence-corrected chi connectivity index (χ3v) is 4.32. The smallest absolute Gasteiger partial charge is 0.191 e. The van der Waals surface area contributed by atoms with Gasteiger partial charge < -0.3 is 24.8 Å². The van der Waals surface area contributed by atoms with Gasteiger partial charge in [-0.25, -0.2) is 0 Å². The lowest BCUT2D eigenvalue weighted by Crippen LogP contribution is -2.42. The van der Waals surface area contributed by atoms with Crippen LogP contribution in [0.25, 0.3) is 0 Å². The first kappa shape index (κ1) is 20.8. The highest BCUT2D eigenvalue weighted by atomic mass is 35.5. The Hall–Kier alpha value is -1.50. The maximum absolute atomic E-state index is 5.88. The van der Waals surface area contributed by atoms with Gasteiger partial charge in [0.15, 0.2) is 5.96 Å². The van der Waals surface area contributed by atoms with Gasteiger partial charge in [0.1, 0.15) is 11.9 Å². The van der Waals surface area contributed by atoms with Crippen LogP contribution < -0.4 is 15.4 Å². The fourth-order valence-corrected chi connectivity index (χ4v) is 2.72. The van der Waals surface area contributed by atoms with Crippen molar-refractivity contribution < 1.29 is 14.2 Å². The van der Waals surface area contributed by atoms with E-state index in [2.05, 4.69) is 15.6 Å². The predicted molar refractivity (Wildman–Crippen MR) is 105 cm³/mol. The maximum atomic E-state index is 5.88. The van der Waals surface area contributed by atoms with Crippen LogP contribution in [0, 0.1) is 5.92 Å². The predicted octanol–water partition coefficient (Wildman–Crippen LogP) is 2.72. The minimum Gasteiger partial charge on any atom is -0.489 e. The Bertz CT molecular complexity index is 533. The second kappa shape index (κ2) is 12.0. The maximum Gasteiger partial charge on any atom is 0.191 e. The number of hydrogen-bond donors (Lipinski definition) is 2. The second-order valence-electron chi connectivity index (χ2n) is 6.42. The van der Waals surface area contributed by atoms with E-state index in [1.807, 2.05) is 31.2 Å². The lowest BCUT2D eigenvalue weighted by molar-refractivity contribution is 0.0888. The summed E-state index contributed by atoms with van der Waals surface area (Å²) < 4.78 is 16.9. The molecule has 1 saturated heterocycles. The number of nitrogens with zero attached hydrogens (tertiary/aromatic N) is 1. The number of nitrogens with one attached hydrogen (secondary N) is 2. The van der Waals surface area contributed by atoms with Crippen molar-refractivity contribution in [1.82, 2.24) is 10.6 Å². The minimum absolute atomic E-state index is 0.00619. The van der Waals surface area contributed by atoms with Crippen molar-refractivity contribution >= 4 is 17.6 Å². The highest BCUT2D eigenvalue weighted by molar-refractivity contribution is 6.30. The molecule has 0 saturated carbocycles. The number of rotatable bonds is 10. The van der Waals surface area contributed by atoms with Gasteiger partial charge in [0.05, 0.1) is 19.8 Å². The van der Waals surface area contributed by atoms with Gasteiger partial charge in [-0.2, -0.15) is 0 Å². The van der Waals surface area contributed by atoms with Crippen LogP contribution in [0.5, 0.6) is 5.75 Å². The van der Waals surface area contributed by atoms with Crippen molar-refractivity contribution in [2.24, 2.45) is 10.9 Å².